The number of hydrogen-bond donors (Lipinski definition) is 1. The third kappa shape index (κ3) is 2.54. The minimum atomic E-state index is -3.33. The molecule has 1 aromatic rings. The first-order valence-electron chi connectivity index (χ1n) is 4.95. The second-order valence-corrected chi connectivity index (χ2v) is 5.66. The molecule has 0 saturated heterocycles. The molecule has 0 atom stereocenters. The summed E-state index contributed by atoms with van der Waals surface area (Å²) < 4.78 is 29.0. The van der Waals surface area contributed by atoms with Crippen LogP contribution in [0.4, 0.5) is 0 Å². The maximum Gasteiger partial charge on any atom is 0.194 e. The fraction of sp³-hybridized carbons (Fsp3) is 0.455. The van der Waals surface area contributed by atoms with Crippen molar-refractivity contribution in [2.45, 2.75) is 18.7 Å². The molecule has 0 aromatic heterocycles. The van der Waals surface area contributed by atoms with Crippen LogP contribution in [0.3, 0.4) is 0 Å². The molecule has 0 spiro atoms. The SMILES string of the molecule is CNCS(=O)(=O)c1cc(C)c(C)cc1OC. The Labute approximate surface area is 96.5 Å². The van der Waals surface area contributed by atoms with E-state index in [0.717, 1.165) is 11.1 Å². The summed E-state index contributed by atoms with van der Waals surface area (Å²) in [7, 11) is -0.252. The van der Waals surface area contributed by atoms with Gasteiger partial charge in [0.15, 0.2) is 9.84 Å². The van der Waals surface area contributed by atoms with Crippen molar-refractivity contribution in [3.63, 3.8) is 0 Å². The van der Waals surface area contributed by atoms with E-state index in [4.69, 9.17) is 4.74 Å². The Kier molecular flexibility index (Phi) is 3.93. The van der Waals surface area contributed by atoms with Crippen molar-refractivity contribution in [1.82, 2.24) is 5.32 Å². The monoisotopic (exact) mass is 243 g/mol. The first-order valence-corrected chi connectivity index (χ1v) is 6.60. The summed E-state index contributed by atoms with van der Waals surface area (Å²) >= 11 is 0. The van der Waals surface area contributed by atoms with Crippen LogP contribution >= 0.6 is 0 Å². The standard InChI is InChI=1S/C11H17NO3S/c1-8-5-10(15-4)11(6-9(8)2)16(13,14)7-12-3/h5-6,12H,7H2,1-4H3. The Bertz CT molecular complexity index is 480. The molecule has 90 valence electrons. The highest BCUT2D eigenvalue weighted by Gasteiger charge is 2.19. The van der Waals surface area contributed by atoms with Crippen molar-refractivity contribution >= 4 is 9.84 Å². The molecular formula is C11H17NO3S. The van der Waals surface area contributed by atoms with Crippen molar-refractivity contribution in [2.75, 3.05) is 20.0 Å². The Balaban J connectivity index is 3.38. The Morgan fingerprint density at radius 2 is 1.81 bits per heavy atom. The van der Waals surface area contributed by atoms with Gasteiger partial charge in [0.1, 0.15) is 16.5 Å². The Hall–Kier alpha value is -1.07. The van der Waals surface area contributed by atoms with Crippen LogP contribution < -0.4 is 10.1 Å². The average molecular weight is 243 g/mol. The molecule has 0 aliphatic heterocycles. The van der Waals surface area contributed by atoms with Crippen LogP contribution in [0.15, 0.2) is 17.0 Å². The molecule has 5 heteroatoms. The van der Waals surface area contributed by atoms with Gasteiger partial charge in [-0.25, -0.2) is 8.42 Å². The lowest BCUT2D eigenvalue weighted by Gasteiger charge is -2.12. The number of benzene rings is 1. The summed E-state index contributed by atoms with van der Waals surface area (Å²) in [5, 5.41) is 2.65. The van der Waals surface area contributed by atoms with Gasteiger partial charge in [0.25, 0.3) is 0 Å². The summed E-state index contributed by atoms with van der Waals surface area (Å²) in [5.74, 6) is 0.310. The molecule has 1 N–H and O–H groups in total. The van der Waals surface area contributed by atoms with E-state index < -0.39 is 9.84 Å². The lowest BCUT2D eigenvalue weighted by molar-refractivity contribution is 0.402. The van der Waals surface area contributed by atoms with Crippen LogP contribution in [0.1, 0.15) is 11.1 Å². The molecule has 0 radical (unpaired) electrons. The molecular weight excluding hydrogens is 226 g/mol. The van der Waals surface area contributed by atoms with E-state index in [1.807, 2.05) is 13.8 Å². The van der Waals surface area contributed by atoms with Gasteiger partial charge in [-0.3, -0.25) is 0 Å². The number of ether oxygens (including phenoxy) is 1. The maximum absolute atomic E-state index is 11.9. The van der Waals surface area contributed by atoms with E-state index in [0.29, 0.717) is 5.75 Å². The largest absolute Gasteiger partial charge is 0.495 e. The predicted molar refractivity (Wildman–Crippen MR) is 63.6 cm³/mol. The van der Waals surface area contributed by atoms with Gasteiger partial charge in [-0.1, -0.05) is 0 Å². The molecule has 0 unspecified atom stereocenters. The predicted octanol–water partition coefficient (Wildman–Crippen LogP) is 1.26. The van der Waals surface area contributed by atoms with Gasteiger partial charge in [-0.15, -0.1) is 0 Å². The molecule has 0 amide bonds. The molecule has 16 heavy (non-hydrogen) atoms. The lowest BCUT2D eigenvalue weighted by atomic mass is 10.1. The normalized spacial score (nSPS) is 11.5. The van der Waals surface area contributed by atoms with E-state index in [2.05, 4.69) is 5.32 Å². The van der Waals surface area contributed by atoms with Crippen LogP contribution in [0.25, 0.3) is 0 Å². The van der Waals surface area contributed by atoms with Gasteiger partial charge in [0.2, 0.25) is 0 Å². The molecule has 0 aliphatic rings. The van der Waals surface area contributed by atoms with Crippen molar-refractivity contribution in [2.24, 2.45) is 0 Å². The first-order chi connectivity index (χ1) is 7.42. The Morgan fingerprint density at radius 1 is 1.25 bits per heavy atom. The number of sulfone groups is 1. The molecule has 0 fully saturated rings. The fourth-order valence-corrected chi connectivity index (χ4v) is 2.77. The summed E-state index contributed by atoms with van der Waals surface area (Å²) in [4.78, 5) is 0.243. The van der Waals surface area contributed by atoms with Crippen molar-refractivity contribution < 1.29 is 13.2 Å². The van der Waals surface area contributed by atoms with Crippen molar-refractivity contribution in [1.29, 1.82) is 0 Å². The van der Waals surface area contributed by atoms with Gasteiger partial charge < -0.3 is 10.1 Å². The van der Waals surface area contributed by atoms with E-state index in [1.54, 1.807) is 19.2 Å². The number of aryl methyl sites for hydroxylation is 2. The van der Waals surface area contributed by atoms with Gasteiger partial charge in [0.05, 0.1) is 7.11 Å². The number of hydrogen-bond acceptors (Lipinski definition) is 4. The van der Waals surface area contributed by atoms with Crippen molar-refractivity contribution in [3.8, 4) is 5.75 Å². The zero-order valence-corrected chi connectivity index (χ0v) is 10.8. The lowest BCUT2D eigenvalue weighted by Crippen LogP contribution is -2.19. The first kappa shape index (κ1) is 13.0. The molecule has 0 saturated carbocycles. The van der Waals surface area contributed by atoms with Crippen LogP contribution in [-0.4, -0.2) is 28.5 Å². The van der Waals surface area contributed by atoms with Gasteiger partial charge in [-0.2, -0.15) is 0 Å². The van der Waals surface area contributed by atoms with Crippen LogP contribution in [0.5, 0.6) is 5.75 Å². The summed E-state index contributed by atoms with van der Waals surface area (Å²) in [6.45, 7) is 3.81. The second kappa shape index (κ2) is 4.84. The van der Waals surface area contributed by atoms with Gasteiger partial charge in [0, 0.05) is 0 Å². The van der Waals surface area contributed by atoms with Crippen molar-refractivity contribution in [3.05, 3.63) is 23.3 Å². The molecule has 0 bridgehead atoms. The minimum absolute atomic E-state index is 0.0914. The van der Waals surface area contributed by atoms with E-state index in [9.17, 15) is 8.42 Å². The third-order valence-corrected chi connectivity index (χ3v) is 4.11. The Morgan fingerprint density at radius 3 is 2.31 bits per heavy atom. The number of rotatable bonds is 4. The zero-order chi connectivity index (χ0) is 12.3. The highest BCUT2D eigenvalue weighted by molar-refractivity contribution is 7.91. The molecule has 4 nitrogen and oxygen atoms in total. The van der Waals surface area contributed by atoms with E-state index in [-0.39, 0.29) is 10.8 Å². The molecule has 0 aliphatic carbocycles. The number of nitrogens with one attached hydrogen (secondary N) is 1. The van der Waals surface area contributed by atoms with Gasteiger partial charge >= 0.3 is 0 Å². The summed E-state index contributed by atoms with van der Waals surface area (Å²) in [6.07, 6.45) is 0. The average Bonchev–Trinajstić information content (AvgIpc) is 2.21. The maximum atomic E-state index is 11.9. The molecule has 1 rings (SSSR count). The highest BCUT2D eigenvalue weighted by Crippen LogP contribution is 2.27. The third-order valence-electron chi connectivity index (χ3n) is 2.45. The second-order valence-electron chi connectivity index (χ2n) is 3.70. The molecule has 0 heterocycles. The zero-order valence-electron chi connectivity index (χ0n) is 9.99. The highest BCUT2D eigenvalue weighted by atomic mass is 32.2. The quantitative estimate of drug-likeness (QED) is 0.865. The van der Waals surface area contributed by atoms with E-state index >= 15 is 0 Å². The van der Waals surface area contributed by atoms with Gasteiger partial charge in [-0.05, 0) is 44.2 Å². The van der Waals surface area contributed by atoms with E-state index in [1.165, 1.54) is 7.11 Å². The topological polar surface area (TPSA) is 55.4 Å². The smallest absolute Gasteiger partial charge is 0.194 e. The fourth-order valence-electron chi connectivity index (χ4n) is 1.43. The minimum Gasteiger partial charge on any atom is -0.495 e. The van der Waals surface area contributed by atoms with Crippen LogP contribution in [0, 0.1) is 13.8 Å². The van der Waals surface area contributed by atoms with Crippen LogP contribution in [0.2, 0.25) is 0 Å². The van der Waals surface area contributed by atoms with Crippen LogP contribution in [-0.2, 0) is 9.84 Å². The summed E-state index contributed by atoms with van der Waals surface area (Å²) in [5.41, 5.74) is 1.95. The number of methoxy groups -OCH3 is 1. The molecule has 1 aromatic carbocycles. The summed E-state index contributed by atoms with van der Waals surface area (Å²) in [6, 6.07) is 3.40.